The van der Waals surface area contributed by atoms with E-state index in [1.807, 2.05) is 18.7 Å². The first-order valence-electron chi connectivity index (χ1n) is 6.20. The summed E-state index contributed by atoms with van der Waals surface area (Å²) < 4.78 is 5.59. The van der Waals surface area contributed by atoms with Gasteiger partial charge in [-0.3, -0.25) is 0 Å². The molecule has 1 aromatic rings. The van der Waals surface area contributed by atoms with Crippen molar-refractivity contribution in [2.24, 2.45) is 0 Å². The van der Waals surface area contributed by atoms with Crippen LogP contribution in [0.25, 0.3) is 0 Å². The summed E-state index contributed by atoms with van der Waals surface area (Å²) in [6.45, 7) is 5.19. The molecule has 0 aliphatic carbocycles. The van der Waals surface area contributed by atoms with Gasteiger partial charge in [-0.2, -0.15) is 11.8 Å². The number of furan rings is 1. The largest absolute Gasteiger partial charge is 0.475 e. The second kappa shape index (κ2) is 5.36. The SMILES string of the molecule is CC(NCC1(C)CCCS1)c1ccc(C(=O)O)o1. The fourth-order valence-electron chi connectivity index (χ4n) is 2.15. The van der Waals surface area contributed by atoms with Gasteiger partial charge < -0.3 is 14.8 Å². The van der Waals surface area contributed by atoms with Crippen LogP contribution < -0.4 is 5.32 Å². The molecule has 2 rings (SSSR count). The molecule has 1 saturated heterocycles. The van der Waals surface area contributed by atoms with Gasteiger partial charge in [-0.15, -0.1) is 0 Å². The lowest BCUT2D eigenvalue weighted by atomic mass is 10.1. The van der Waals surface area contributed by atoms with Crippen molar-refractivity contribution in [2.75, 3.05) is 12.3 Å². The highest BCUT2D eigenvalue weighted by molar-refractivity contribution is 8.00. The molecule has 1 aliphatic rings. The molecule has 1 aromatic heterocycles. The highest BCUT2D eigenvalue weighted by atomic mass is 32.2. The third kappa shape index (κ3) is 3.09. The summed E-state index contributed by atoms with van der Waals surface area (Å²) in [5, 5.41) is 12.2. The Bertz CT molecular complexity index is 424. The Morgan fingerprint density at radius 2 is 2.44 bits per heavy atom. The summed E-state index contributed by atoms with van der Waals surface area (Å²) >= 11 is 2.00. The van der Waals surface area contributed by atoms with Crippen LogP contribution in [0.3, 0.4) is 0 Å². The van der Waals surface area contributed by atoms with Gasteiger partial charge in [0.25, 0.3) is 0 Å². The molecule has 1 fully saturated rings. The van der Waals surface area contributed by atoms with Gasteiger partial charge in [0, 0.05) is 11.3 Å². The summed E-state index contributed by atoms with van der Waals surface area (Å²) in [7, 11) is 0. The van der Waals surface area contributed by atoms with Gasteiger partial charge in [-0.05, 0) is 44.6 Å². The van der Waals surface area contributed by atoms with E-state index in [9.17, 15) is 4.79 Å². The number of hydrogen-bond acceptors (Lipinski definition) is 4. The lowest BCUT2D eigenvalue weighted by molar-refractivity contribution is 0.0659. The fourth-order valence-corrected chi connectivity index (χ4v) is 3.40. The van der Waals surface area contributed by atoms with Crippen molar-refractivity contribution < 1.29 is 14.3 Å². The van der Waals surface area contributed by atoms with Crippen molar-refractivity contribution in [1.29, 1.82) is 0 Å². The minimum atomic E-state index is -1.02. The Morgan fingerprint density at radius 1 is 1.67 bits per heavy atom. The number of nitrogens with one attached hydrogen (secondary N) is 1. The monoisotopic (exact) mass is 269 g/mol. The number of hydrogen-bond donors (Lipinski definition) is 2. The number of carboxylic acid groups (broad SMARTS) is 1. The molecular formula is C13H19NO3S. The number of carbonyl (C=O) groups is 1. The van der Waals surface area contributed by atoms with Gasteiger partial charge in [0.05, 0.1) is 6.04 Å². The smallest absolute Gasteiger partial charge is 0.371 e. The maximum atomic E-state index is 10.7. The first-order valence-corrected chi connectivity index (χ1v) is 7.19. The Hall–Kier alpha value is -0.940. The average Bonchev–Trinajstić information content (AvgIpc) is 2.95. The van der Waals surface area contributed by atoms with E-state index in [0.717, 1.165) is 6.54 Å². The molecule has 0 saturated carbocycles. The van der Waals surface area contributed by atoms with Gasteiger partial charge >= 0.3 is 5.97 Å². The van der Waals surface area contributed by atoms with E-state index in [2.05, 4.69) is 12.2 Å². The molecule has 0 amide bonds. The summed E-state index contributed by atoms with van der Waals surface area (Å²) in [4.78, 5) is 10.7. The van der Waals surface area contributed by atoms with E-state index in [0.29, 0.717) is 10.5 Å². The zero-order valence-electron chi connectivity index (χ0n) is 10.7. The lowest BCUT2D eigenvalue weighted by Gasteiger charge is -2.25. The highest BCUT2D eigenvalue weighted by Gasteiger charge is 2.29. The van der Waals surface area contributed by atoms with Crippen molar-refractivity contribution in [3.8, 4) is 0 Å². The van der Waals surface area contributed by atoms with Gasteiger partial charge in [0.15, 0.2) is 0 Å². The van der Waals surface area contributed by atoms with Crippen LogP contribution in [0.4, 0.5) is 0 Å². The third-order valence-corrected chi connectivity index (χ3v) is 4.89. The van der Waals surface area contributed by atoms with E-state index >= 15 is 0 Å². The molecule has 0 bridgehead atoms. The van der Waals surface area contributed by atoms with E-state index in [4.69, 9.17) is 9.52 Å². The fraction of sp³-hybridized carbons (Fsp3) is 0.615. The Morgan fingerprint density at radius 3 is 3.00 bits per heavy atom. The van der Waals surface area contributed by atoms with Crippen LogP contribution in [0.1, 0.15) is 49.0 Å². The molecule has 2 N–H and O–H groups in total. The van der Waals surface area contributed by atoms with Gasteiger partial charge in [-0.25, -0.2) is 4.79 Å². The third-order valence-electron chi connectivity index (χ3n) is 3.35. The number of rotatable bonds is 5. The quantitative estimate of drug-likeness (QED) is 0.860. The van der Waals surface area contributed by atoms with Crippen LogP contribution in [-0.2, 0) is 0 Å². The first kappa shape index (κ1) is 13.5. The van der Waals surface area contributed by atoms with Crippen molar-refractivity contribution in [3.05, 3.63) is 23.7 Å². The molecule has 0 spiro atoms. The van der Waals surface area contributed by atoms with Crippen LogP contribution in [0, 0.1) is 0 Å². The molecule has 100 valence electrons. The number of thioether (sulfide) groups is 1. The Labute approximate surface area is 111 Å². The van der Waals surface area contributed by atoms with Gasteiger partial charge in [0.1, 0.15) is 5.76 Å². The van der Waals surface area contributed by atoms with Crippen LogP contribution in [0.5, 0.6) is 0 Å². The molecular weight excluding hydrogens is 250 g/mol. The second-order valence-electron chi connectivity index (χ2n) is 5.01. The van der Waals surface area contributed by atoms with Gasteiger partial charge in [-0.1, -0.05) is 0 Å². The molecule has 2 heterocycles. The zero-order valence-corrected chi connectivity index (χ0v) is 11.5. The molecule has 4 nitrogen and oxygen atoms in total. The standard InChI is InChI=1S/C13H19NO3S/c1-9(10-4-5-11(17-10)12(15)16)14-8-13(2)6-3-7-18-13/h4-5,9,14H,3,6-8H2,1-2H3,(H,15,16). The molecule has 2 atom stereocenters. The van der Waals surface area contributed by atoms with E-state index in [1.165, 1.54) is 24.7 Å². The average molecular weight is 269 g/mol. The maximum absolute atomic E-state index is 10.7. The predicted molar refractivity (Wildman–Crippen MR) is 72.2 cm³/mol. The first-order chi connectivity index (χ1) is 8.50. The van der Waals surface area contributed by atoms with Gasteiger partial charge in [0.2, 0.25) is 5.76 Å². The summed E-state index contributed by atoms with van der Waals surface area (Å²) in [5.41, 5.74) is 0. The lowest BCUT2D eigenvalue weighted by Crippen LogP contribution is -2.34. The molecule has 18 heavy (non-hydrogen) atoms. The Balaban J connectivity index is 1.90. The summed E-state index contributed by atoms with van der Waals surface area (Å²) in [5.74, 6) is 0.891. The second-order valence-corrected chi connectivity index (χ2v) is 6.69. The highest BCUT2D eigenvalue weighted by Crippen LogP contribution is 2.37. The van der Waals surface area contributed by atoms with Crippen molar-refractivity contribution in [3.63, 3.8) is 0 Å². The summed E-state index contributed by atoms with van der Waals surface area (Å²) in [6.07, 6.45) is 2.51. The molecule has 2 unspecified atom stereocenters. The molecule has 1 aliphatic heterocycles. The van der Waals surface area contributed by atoms with Crippen molar-refractivity contribution >= 4 is 17.7 Å². The van der Waals surface area contributed by atoms with Crippen LogP contribution in [-0.4, -0.2) is 28.1 Å². The molecule has 0 aromatic carbocycles. The minimum Gasteiger partial charge on any atom is -0.475 e. The van der Waals surface area contributed by atoms with Crippen molar-refractivity contribution in [2.45, 2.75) is 37.5 Å². The van der Waals surface area contributed by atoms with E-state index < -0.39 is 5.97 Å². The minimum absolute atomic E-state index is 0.0000955. The van der Waals surface area contributed by atoms with Crippen LogP contribution in [0.2, 0.25) is 0 Å². The van der Waals surface area contributed by atoms with Crippen LogP contribution in [0.15, 0.2) is 16.5 Å². The van der Waals surface area contributed by atoms with Crippen molar-refractivity contribution in [1.82, 2.24) is 5.32 Å². The Kier molecular flexibility index (Phi) is 4.02. The summed E-state index contributed by atoms with van der Waals surface area (Å²) in [6, 6.07) is 3.27. The number of aromatic carboxylic acids is 1. The zero-order chi connectivity index (χ0) is 13.2. The van der Waals surface area contributed by atoms with E-state index in [-0.39, 0.29) is 11.8 Å². The normalized spacial score (nSPS) is 25.2. The molecule has 5 heteroatoms. The topological polar surface area (TPSA) is 62.5 Å². The van der Waals surface area contributed by atoms with Crippen LogP contribution >= 0.6 is 11.8 Å². The predicted octanol–water partition coefficient (Wildman–Crippen LogP) is 2.91. The van der Waals surface area contributed by atoms with E-state index in [1.54, 1.807) is 6.07 Å². The number of carboxylic acids is 1. The maximum Gasteiger partial charge on any atom is 0.371 e. The molecule has 0 radical (unpaired) electrons.